The third-order valence-corrected chi connectivity index (χ3v) is 1.49. The predicted octanol–water partition coefficient (Wildman–Crippen LogP) is -1.15. The van der Waals surface area contributed by atoms with Gasteiger partial charge in [-0.05, 0) is 0 Å². The Morgan fingerprint density at radius 2 is 1.45 bits per heavy atom. The van der Waals surface area contributed by atoms with Crippen LogP contribution in [-0.4, -0.2) is 0 Å². The molecule has 1 nitrogen and oxygen atoms in total. The summed E-state index contributed by atoms with van der Waals surface area (Å²) < 4.78 is 2.19. The number of nitrogens with zero attached hydrogens (tertiary/aromatic N) is 1. The zero-order valence-electron chi connectivity index (χ0n) is 8.83. The molecule has 1 aromatic heterocycles. The van der Waals surface area contributed by atoms with Gasteiger partial charge in [-0.25, -0.2) is 4.57 Å². The molecule has 2 heteroatoms. The van der Waals surface area contributed by atoms with Gasteiger partial charge in [-0.3, -0.25) is 0 Å². The summed E-state index contributed by atoms with van der Waals surface area (Å²) in [5.41, 5.74) is 0.210. The molecule has 1 rings (SSSR count). The van der Waals surface area contributed by atoms with Gasteiger partial charge in [0.15, 0.2) is 17.9 Å². The number of hydrogen-bond acceptors (Lipinski definition) is 0. The van der Waals surface area contributed by atoms with Crippen LogP contribution in [0.1, 0.15) is 22.2 Å². The van der Waals surface area contributed by atoms with Crippen molar-refractivity contribution in [1.29, 1.82) is 0 Å². The minimum atomic E-state index is 0. The summed E-state index contributed by atoms with van der Waals surface area (Å²) in [5.74, 6) is 0. The van der Waals surface area contributed by atoms with Crippen LogP contribution in [0, 0.1) is 0 Å². The van der Waals surface area contributed by atoms with Crippen LogP contribution in [0.3, 0.4) is 0 Å². The first-order valence-corrected chi connectivity index (χ1v) is 3.57. The molecular formula is C9H15LiN+. The Bertz CT molecular complexity index is 206. The third-order valence-electron chi connectivity index (χ3n) is 1.49. The Kier molecular flexibility index (Phi) is 3.86. The van der Waals surface area contributed by atoms with Gasteiger partial charge < -0.3 is 1.43 Å². The van der Waals surface area contributed by atoms with Crippen molar-refractivity contribution in [2.45, 2.75) is 26.3 Å². The van der Waals surface area contributed by atoms with Gasteiger partial charge in [-0.2, -0.15) is 0 Å². The molecule has 0 saturated carbocycles. The fourth-order valence-electron chi connectivity index (χ4n) is 0.846. The molecule has 0 atom stereocenters. The van der Waals surface area contributed by atoms with Gasteiger partial charge in [0.25, 0.3) is 0 Å². The van der Waals surface area contributed by atoms with E-state index in [4.69, 9.17) is 0 Å². The SMILES string of the molecule is CC(C)(C)[n+]1ccccc1.[H-].[Li+]. The number of pyridine rings is 1. The summed E-state index contributed by atoms with van der Waals surface area (Å²) >= 11 is 0. The van der Waals surface area contributed by atoms with E-state index in [1.165, 1.54) is 0 Å². The molecule has 0 unspecified atom stereocenters. The molecule has 1 heterocycles. The summed E-state index contributed by atoms with van der Waals surface area (Å²) in [5, 5.41) is 0. The van der Waals surface area contributed by atoms with Crippen LogP contribution < -0.4 is 23.4 Å². The van der Waals surface area contributed by atoms with Crippen LogP contribution in [-0.2, 0) is 5.54 Å². The Hall–Kier alpha value is -0.253. The predicted molar refractivity (Wildman–Crippen MR) is 42.7 cm³/mol. The number of aromatic nitrogens is 1. The maximum Gasteiger partial charge on any atom is 1.00 e. The first-order valence-electron chi connectivity index (χ1n) is 3.57. The van der Waals surface area contributed by atoms with E-state index in [9.17, 15) is 0 Å². The summed E-state index contributed by atoms with van der Waals surface area (Å²) in [4.78, 5) is 0. The minimum Gasteiger partial charge on any atom is -1.00 e. The van der Waals surface area contributed by atoms with Crippen molar-refractivity contribution in [1.82, 2.24) is 0 Å². The molecule has 1 aromatic rings. The molecule has 0 aliphatic carbocycles. The Morgan fingerprint density at radius 3 is 1.73 bits per heavy atom. The van der Waals surface area contributed by atoms with Gasteiger partial charge in [-0.15, -0.1) is 0 Å². The summed E-state index contributed by atoms with van der Waals surface area (Å²) in [7, 11) is 0. The standard InChI is InChI=1S/C9H14N.Li.H/c1-9(2,3)10-7-5-4-6-8-10;;/h4-8H,1-3H3;;/q2*+1;-1. The van der Waals surface area contributed by atoms with Crippen molar-refractivity contribution in [2.24, 2.45) is 0 Å². The first kappa shape index (κ1) is 10.7. The quantitative estimate of drug-likeness (QED) is 0.319. The van der Waals surface area contributed by atoms with Gasteiger partial charge >= 0.3 is 18.9 Å². The van der Waals surface area contributed by atoms with Gasteiger partial charge in [0, 0.05) is 32.9 Å². The molecule has 0 aliphatic rings. The van der Waals surface area contributed by atoms with E-state index in [-0.39, 0.29) is 25.8 Å². The van der Waals surface area contributed by atoms with E-state index >= 15 is 0 Å². The topological polar surface area (TPSA) is 3.88 Å². The van der Waals surface area contributed by atoms with Crippen LogP contribution in [0.4, 0.5) is 0 Å². The minimum absolute atomic E-state index is 0. The second kappa shape index (κ2) is 3.95. The van der Waals surface area contributed by atoms with Crippen molar-refractivity contribution in [3.8, 4) is 0 Å². The van der Waals surface area contributed by atoms with Crippen molar-refractivity contribution >= 4 is 0 Å². The third kappa shape index (κ3) is 3.10. The number of hydrogen-bond donors (Lipinski definition) is 0. The maximum absolute atomic E-state index is 2.19. The second-order valence-electron chi connectivity index (χ2n) is 3.45. The maximum atomic E-state index is 2.19. The van der Waals surface area contributed by atoms with Crippen LogP contribution in [0.5, 0.6) is 0 Å². The zero-order chi connectivity index (χ0) is 7.61. The van der Waals surface area contributed by atoms with Crippen molar-refractivity contribution < 1.29 is 24.9 Å². The molecule has 0 aromatic carbocycles. The van der Waals surface area contributed by atoms with Gasteiger partial charge in [-0.1, -0.05) is 6.07 Å². The first-order chi connectivity index (χ1) is 4.61. The summed E-state index contributed by atoms with van der Waals surface area (Å²) in [6, 6.07) is 6.12. The van der Waals surface area contributed by atoms with Crippen molar-refractivity contribution in [3.05, 3.63) is 30.6 Å². The van der Waals surface area contributed by atoms with E-state index in [1.807, 2.05) is 18.2 Å². The smallest absolute Gasteiger partial charge is 1.00 e. The Morgan fingerprint density at radius 1 is 1.00 bits per heavy atom. The van der Waals surface area contributed by atoms with Gasteiger partial charge in [0.1, 0.15) is 0 Å². The van der Waals surface area contributed by atoms with Gasteiger partial charge in [0.05, 0.1) is 0 Å². The van der Waals surface area contributed by atoms with E-state index in [1.54, 1.807) is 0 Å². The average molecular weight is 144 g/mol. The monoisotopic (exact) mass is 144 g/mol. The second-order valence-corrected chi connectivity index (χ2v) is 3.45. The van der Waals surface area contributed by atoms with Gasteiger partial charge in [0.2, 0.25) is 0 Å². The number of rotatable bonds is 0. The van der Waals surface area contributed by atoms with Crippen molar-refractivity contribution in [2.75, 3.05) is 0 Å². The zero-order valence-corrected chi connectivity index (χ0v) is 7.83. The Balaban J connectivity index is 0. The molecule has 0 radical (unpaired) electrons. The van der Waals surface area contributed by atoms with Crippen LogP contribution in [0.2, 0.25) is 0 Å². The van der Waals surface area contributed by atoms with Crippen molar-refractivity contribution in [3.63, 3.8) is 0 Å². The molecule has 0 amide bonds. The molecule has 0 bridgehead atoms. The van der Waals surface area contributed by atoms with E-state index in [2.05, 4.69) is 37.7 Å². The van der Waals surface area contributed by atoms with E-state index in [0.717, 1.165) is 0 Å². The summed E-state index contributed by atoms with van der Waals surface area (Å²) in [6.07, 6.45) is 4.17. The molecule has 56 valence electrons. The van der Waals surface area contributed by atoms with E-state index < -0.39 is 0 Å². The fourth-order valence-corrected chi connectivity index (χ4v) is 0.846. The molecule has 0 spiro atoms. The average Bonchev–Trinajstić information content (AvgIpc) is 1.88. The molecule has 0 saturated heterocycles. The molecule has 0 N–H and O–H groups in total. The van der Waals surface area contributed by atoms with Crippen LogP contribution in [0.25, 0.3) is 0 Å². The molecule has 0 aliphatic heterocycles. The largest absolute Gasteiger partial charge is 1.00 e. The van der Waals surface area contributed by atoms with E-state index in [0.29, 0.717) is 0 Å². The molecule has 0 fully saturated rings. The normalized spacial score (nSPS) is 10.5. The summed E-state index contributed by atoms with van der Waals surface area (Å²) in [6.45, 7) is 6.56. The van der Waals surface area contributed by atoms with Crippen LogP contribution >= 0.6 is 0 Å². The fraction of sp³-hybridized carbons (Fsp3) is 0.444. The molecule has 11 heavy (non-hydrogen) atoms. The Labute approximate surface area is 82.1 Å². The molecular weight excluding hydrogens is 129 g/mol. The van der Waals surface area contributed by atoms with Crippen LogP contribution in [0.15, 0.2) is 30.6 Å².